The first kappa shape index (κ1) is 45.9. The summed E-state index contributed by atoms with van der Waals surface area (Å²) in [6.07, 6.45) is -0.0185. The molecule has 0 aromatic heterocycles. The topological polar surface area (TPSA) is 176 Å². The number of amidine groups is 1. The zero-order valence-electron chi connectivity index (χ0n) is 34.0. The van der Waals surface area contributed by atoms with Crippen LogP contribution in [0.1, 0.15) is 124 Å². The minimum absolute atomic E-state index is 0.0785. The van der Waals surface area contributed by atoms with Gasteiger partial charge in [-0.3, -0.25) is 19.8 Å². The van der Waals surface area contributed by atoms with Crippen LogP contribution in [-0.2, 0) is 39.9 Å². The number of unbranched alkanes of at least 4 members (excludes halogenated alkanes) is 2. The largest absolute Gasteiger partial charge is 0.460 e. The minimum Gasteiger partial charge on any atom is -0.460 e. The fraction of sp³-hybridized carbons (Fsp3) is 0.537. The number of carbonyl (C=O) groups is 6. The summed E-state index contributed by atoms with van der Waals surface area (Å²) in [5.41, 5.74) is -0.765. The highest BCUT2D eigenvalue weighted by molar-refractivity contribution is 5.95. The van der Waals surface area contributed by atoms with Crippen molar-refractivity contribution in [2.24, 2.45) is 4.99 Å². The summed E-state index contributed by atoms with van der Waals surface area (Å²) in [5, 5.41) is 2.55. The summed E-state index contributed by atoms with van der Waals surface area (Å²) in [7, 11) is 0. The lowest BCUT2D eigenvalue weighted by atomic mass is 10.1. The van der Waals surface area contributed by atoms with Crippen molar-refractivity contribution in [3.63, 3.8) is 0 Å². The van der Waals surface area contributed by atoms with Crippen molar-refractivity contribution in [1.29, 1.82) is 0 Å². The smallest absolute Gasteiger partial charge is 0.413 e. The lowest BCUT2D eigenvalue weighted by molar-refractivity contribution is -0.162. The van der Waals surface area contributed by atoms with Crippen LogP contribution < -0.4 is 10.1 Å². The Hall–Kier alpha value is -5.27. The average molecular weight is 768 g/mol. The van der Waals surface area contributed by atoms with E-state index in [-0.39, 0.29) is 49.1 Å². The molecule has 0 unspecified atom stereocenters. The van der Waals surface area contributed by atoms with Gasteiger partial charge in [-0.25, -0.2) is 24.2 Å². The van der Waals surface area contributed by atoms with Crippen molar-refractivity contribution in [3.8, 4) is 5.75 Å². The summed E-state index contributed by atoms with van der Waals surface area (Å²) < 4.78 is 27.2. The van der Waals surface area contributed by atoms with Gasteiger partial charge in [-0.2, -0.15) is 0 Å². The number of nitrogens with zero attached hydrogens (tertiary/aromatic N) is 2. The zero-order chi connectivity index (χ0) is 41.6. The third-order valence-corrected chi connectivity index (χ3v) is 7.05. The molecule has 0 saturated heterocycles. The highest BCUT2D eigenvalue weighted by atomic mass is 16.6. The van der Waals surface area contributed by atoms with E-state index in [9.17, 15) is 28.8 Å². The molecule has 2 rings (SSSR count). The minimum atomic E-state index is -1.21. The number of amides is 2. The number of hydrogen-bond donors (Lipinski definition) is 1. The van der Waals surface area contributed by atoms with Gasteiger partial charge in [-0.05, 0) is 131 Å². The summed E-state index contributed by atoms with van der Waals surface area (Å²) in [6, 6.07) is 11.4. The van der Waals surface area contributed by atoms with Crippen LogP contribution in [0, 0.1) is 0 Å². The van der Waals surface area contributed by atoms with E-state index in [1.165, 1.54) is 11.8 Å². The maximum Gasteiger partial charge on any atom is 0.413 e. The van der Waals surface area contributed by atoms with Gasteiger partial charge >= 0.3 is 30.1 Å². The molecule has 0 bridgehead atoms. The van der Waals surface area contributed by atoms with Gasteiger partial charge < -0.3 is 23.7 Å². The molecule has 0 aliphatic heterocycles. The first-order valence-electron chi connectivity index (χ1n) is 18.2. The number of aliphatic imine (C=N–C) groups is 1. The van der Waals surface area contributed by atoms with Crippen molar-refractivity contribution >= 4 is 47.4 Å². The van der Waals surface area contributed by atoms with E-state index in [1.54, 1.807) is 118 Å². The van der Waals surface area contributed by atoms with Crippen LogP contribution in [0.4, 0.5) is 15.3 Å². The molecule has 0 aliphatic rings. The fourth-order valence-electron chi connectivity index (χ4n) is 4.85. The van der Waals surface area contributed by atoms with Gasteiger partial charge in [-0.1, -0.05) is 18.6 Å². The van der Waals surface area contributed by atoms with Crippen molar-refractivity contribution in [2.75, 3.05) is 6.54 Å². The van der Waals surface area contributed by atoms with Gasteiger partial charge in [0.25, 0.3) is 0 Å². The van der Waals surface area contributed by atoms with Crippen LogP contribution >= 0.6 is 0 Å². The molecule has 2 amide bonds. The zero-order valence-corrected chi connectivity index (χ0v) is 34.0. The van der Waals surface area contributed by atoms with Gasteiger partial charge in [0.15, 0.2) is 0 Å². The lowest BCUT2D eigenvalue weighted by Gasteiger charge is -2.31. The van der Waals surface area contributed by atoms with E-state index in [4.69, 9.17) is 23.7 Å². The van der Waals surface area contributed by atoms with Crippen molar-refractivity contribution < 1.29 is 52.5 Å². The second-order valence-electron chi connectivity index (χ2n) is 16.0. The molecule has 55 heavy (non-hydrogen) atoms. The lowest BCUT2D eigenvalue weighted by Crippen LogP contribution is -2.49. The number of rotatable bonds is 15. The maximum atomic E-state index is 13.5. The van der Waals surface area contributed by atoms with Gasteiger partial charge in [0.05, 0.1) is 11.3 Å². The van der Waals surface area contributed by atoms with E-state index in [2.05, 4.69) is 10.3 Å². The van der Waals surface area contributed by atoms with Gasteiger partial charge in [0.1, 0.15) is 46.8 Å². The van der Waals surface area contributed by atoms with Crippen molar-refractivity contribution in [3.05, 3.63) is 59.7 Å². The number of Topliss-reactive ketones (excluding diaryl/α,β-unsaturated/α-hetero) is 1. The number of alkyl carbamates (subject to hydrolysis) is 1. The normalized spacial score (nSPS) is 12.5. The first-order valence-corrected chi connectivity index (χ1v) is 18.2. The van der Waals surface area contributed by atoms with E-state index < -0.39 is 47.0 Å². The van der Waals surface area contributed by atoms with Crippen LogP contribution in [-0.4, -0.2) is 76.0 Å². The molecule has 0 saturated carbocycles. The summed E-state index contributed by atoms with van der Waals surface area (Å²) in [5.74, 6) is -1.41. The SMILES string of the molecule is CC(=O)C[C@@H](C(=O)OC(C)(C)C)N(CCCCCC(=O)OC(C)(C)C)C(=O)OCc1ccc(OC(=O)c2ccc(N=C(C)NC(=O)OC(C)(C)C)cc2)cc1. The Bertz CT molecular complexity index is 1660. The average Bonchev–Trinajstić information content (AvgIpc) is 3.02. The Morgan fingerprint density at radius 3 is 1.85 bits per heavy atom. The monoisotopic (exact) mass is 767 g/mol. The Balaban J connectivity index is 2.06. The Morgan fingerprint density at radius 1 is 0.727 bits per heavy atom. The van der Waals surface area contributed by atoms with Crippen LogP contribution in [0.15, 0.2) is 53.5 Å². The molecule has 0 fully saturated rings. The third-order valence-electron chi connectivity index (χ3n) is 7.05. The van der Waals surface area contributed by atoms with E-state index >= 15 is 0 Å². The molecule has 0 aliphatic carbocycles. The molecule has 2 aromatic carbocycles. The molecule has 0 heterocycles. The second-order valence-corrected chi connectivity index (χ2v) is 16.0. The standard InChI is InChI=1S/C41H57N3O11/c1-27(45)25-33(36(48)54-40(6,7)8)44(24-14-12-13-15-34(46)53-39(3,4)5)38(50)51-26-29-16-22-32(23-17-29)52-35(47)30-18-20-31(21-19-30)42-28(2)43-37(49)55-41(9,10)11/h16-23,33H,12-15,24-26H2,1-11H3,(H,42,43,49)/t33-/m0/s1. The van der Waals surface area contributed by atoms with Crippen LogP contribution in [0.5, 0.6) is 5.75 Å². The molecule has 2 aromatic rings. The quantitative estimate of drug-likeness (QED) is 0.0464. The van der Waals surface area contributed by atoms with Gasteiger partial charge in [-0.15, -0.1) is 0 Å². The fourth-order valence-corrected chi connectivity index (χ4v) is 4.85. The summed E-state index contributed by atoms with van der Waals surface area (Å²) >= 11 is 0. The Morgan fingerprint density at radius 2 is 1.31 bits per heavy atom. The molecule has 0 radical (unpaired) electrons. The second kappa shape index (κ2) is 20.4. The van der Waals surface area contributed by atoms with Crippen molar-refractivity contribution in [2.45, 2.75) is 138 Å². The summed E-state index contributed by atoms with van der Waals surface area (Å²) in [4.78, 5) is 81.4. The number of carbonyl (C=O) groups excluding carboxylic acids is 6. The van der Waals surface area contributed by atoms with Crippen LogP contribution in [0.25, 0.3) is 0 Å². The van der Waals surface area contributed by atoms with E-state index in [1.807, 2.05) is 0 Å². The molecular formula is C41H57N3O11. The third kappa shape index (κ3) is 19.1. The molecular weight excluding hydrogens is 710 g/mol. The predicted octanol–water partition coefficient (Wildman–Crippen LogP) is 8.01. The van der Waals surface area contributed by atoms with Crippen LogP contribution in [0.3, 0.4) is 0 Å². The summed E-state index contributed by atoms with van der Waals surface area (Å²) in [6.45, 7) is 18.6. The number of ether oxygens (including phenoxy) is 5. The number of ketones is 1. The van der Waals surface area contributed by atoms with Crippen molar-refractivity contribution in [1.82, 2.24) is 10.2 Å². The molecule has 14 nitrogen and oxygen atoms in total. The first-order chi connectivity index (χ1) is 25.4. The van der Waals surface area contributed by atoms with E-state index in [0.29, 0.717) is 36.3 Å². The van der Waals surface area contributed by atoms with Crippen LogP contribution in [0.2, 0.25) is 0 Å². The van der Waals surface area contributed by atoms with Gasteiger partial charge in [0.2, 0.25) is 0 Å². The Kier molecular flexibility index (Phi) is 17.0. The highest BCUT2D eigenvalue weighted by Gasteiger charge is 2.35. The Labute approximate surface area is 324 Å². The number of hydrogen-bond acceptors (Lipinski definition) is 12. The highest BCUT2D eigenvalue weighted by Crippen LogP contribution is 2.21. The molecule has 302 valence electrons. The number of nitrogens with one attached hydrogen (secondary N) is 1. The predicted molar refractivity (Wildman–Crippen MR) is 206 cm³/mol. The maximum absolute atomic E-state index is 13.5. The molecule has 14 heteroatoms. The molecule has 0 spiro atoms. The number of benzene rings is 2. The number of esters is 3. The molecule has 1 N–H and O–H groups in total. The molecule has 1 atom stereocenters. The van der Waals surface area contributed by atoms with Gasteiger partial charge in [0, 0.05) is 19.4 Å². The van der Waals surface area contributed by atoms with E-state index in [0.717, 1.165) is 0 Å².